The lowest BCUT2D eigenvalue weighted by Crippen LogP contribution is -2.47. The quantitative estimate of drug-likeness (QED) is 0.777. The van der Waals surface area contributed by atoms with E-state index in [1.54, 1.807) is 20.8 Å². The Morgan fingerprint density at radius 2 is 1.89 bits per heavy atom. The maximum Gasteiger partial charge on any atom is 0.411 e. The van der Waals surface area contributed by atoms with Crippen LogP contribution in [0, 0.1) is 17.3 Å². The lowest BCUT2D eigenvalue weighted by molar-refractivity contribution is -0.143. The van der Waals surface area contributed by atoms with Crippen molar-refractivity contribution < 1.29 is 19.4 Å². The number of likely N-dealkylation sites (tertiary alicyclic amines) is 1. The minimum atomic E-state index is -0.932. The van der Waals surface area contributed by atoms with Gasteiger partial charge in [-0.3, -0.25) is 4.90 Å². The Morgan fingerprint density at radius 3 is 2.33 bits per heavy atom. The van der Waals surface area contributed by atoms with E-state index < -0.39 is 23.7 Å². The zero-order chi connectivity index (χ0) is 13.9. The molecule has 1 heterocycles. The van der Waals surface area contributed by atoms with E-state index in [0.717, 1.165) is 0 Å². The summed E-state index contributed by atoms with van der Waals surface area (Å²) in [6.45, 7) is 9.95. The highest BCUT2D eigenvalue weighted by atomic mass is 16.6. The molecule has 2 rings (SSSR count). The molecule has 1 N–H and O–H groups in total. The summed E-state index contributed by atoms with van der Waals surface area (Å²) in [6.07, 6.45) is -0.516. The van der Waals surface area contributed by atoms with Gasteiger partial charge in [0.05, 0.1) is 0 Å². The predicted molar refractivity (Wildman–Crippen MR) is 65.1 cm³/mol. The minimum Gasteiger partial charge on any atom is -0.480 e. The van der Waals surface area contributed by atoms with Gasteiger partial charge in [0.15, 0.2) is 0 Å². The van der Waals surface area contributed by atoms with Gasteiger partial charge in [-0.25, -0.2) is 9.59 Å². The van der Waals surface area contributed by atoms with E-state index >= 15 is 0 Å². The second-order valence-electron chi connectivity index (χ2n) is 6.87. The van der Waals surface area contributed by atoms with Crippen LogP contribution in [-0.4, -0.2) is 40.3 Å². The zero-order valence-corrected chi connectivity index (χ0v) is 11.6. The highest BCUT2D eigenvalue weighted by Crippen LogP contribution is 2.64. The second-order valence-corrected chi connectivity index (χ2v) is 6.87. The van der Waals surface area contributed by atoms with Crippen molar-refractivity contribution in [2.45, 2.75) is 46.3 Å². The summed E-state index contributed by atoms with van der Waals surface area (Å²) in [4.78, 5) is 24.7. The number of piperidine rings is 1. The Bertz CT molecular complexity index is 396. The Kier molecular flexibility index (Phi) is 2.65. The average molecular weight is 255 g/mol. The van der Waals surface area contributed by atoms with Crippen LogP contribution in [0.2, 0.25) is 0 Å². The molecule has 0 bridgehead atoms. The SMILES string of the molecule is CC(C)(C)OC(=O)N1CC2[C@@H]([C@H]1C(=O)O)C2(C)C. The maximum absolute atomic E-state index is 12.0. The fraction of sp³-hybridized carbons (Fsp3) is 0.846. The van der Waals surface area contributed by atoms with E-state index in [1.165, 1.54) is 4.90 Å². The van der Waals surface area contributed by atoms with Crippen LogP contribution in [0.15, 0.2) is 0 Å². The first-order valence-corrected chi connectivity index (χ1v) is 6.28. The fourth-order valence-electron chi connectivity index (χ4n) is 3.08. The normalized spacial score (nSPS) is 32.9. The van der Waals surface area contributed by atoms with Crippen molar-refractivity contribution in [3.05, 3.63) is 0 Å². The largest absolute Gasteiger partial charge is 0.480 e. The summed E-state index contributed by atoms with van der Waals surface area (Å²) in [6, 6.07) is -0.736. The molecular weight excluding hydrogens is 234 g/mol. The molecule has 18 heavy (non-hydrogen) atoms. The zero-order valence-electron chi connectivity index (χ0n) is 11.6. The Labute approximate surface area is 107 Å². The fourth-order valence-corrected chi connectivity index (χ4v) is 3.08. The molecule has 0 spiro atoms. The van der Waals surface area contributed by atoms with Crippen LogP contribution in [0.4, 0.5) is 4.79 Å². The monoisotopic (exact) mass is 255 g/mol. The smallest absolute Gasteiger partial charge is 0.411 e. The molecule has 0 aromatic carbocycles. The van der Waals surface area contributed by atoms with Gasteiger partial charge in [0.2, 0.25) is 0 Å². The van der Waals surface area contributed by atoms with E-state index in [-0.39, 0.29) is 17.3 Å². The summed E-state index contributed by atoms with van der Waals surface area (Å²) in [5, 5.41) is 9.31. The van der Waals surface area contributed by atoms with Gasteiger partial charge in [-0.05, 0) is 32.1 Å². The van der Waals surface area contributed by atoms with Gasteiger partial charge in [-0.1, -0.05) is 13.8 Å². The maximum atomic E-state index is 12.0. The average Bonchev–Trinajstić information content (AvgIpc) is 2.59. The summed E-state index contributed by atoms with van der Waals surface area (Å²) >= 11 is 0. The third-order valence-corrected chi connectivity index (χ3v) is 4.09. The molecule has 0 aromatic heterocycles. The first kappa shape index (κ1) is 13.2. The molecule has 3 atom stereocenters. The molecule has 1 saturated heterocycles. The number of carbonyl (C=O) groups excluding carboxylic acids is 1. The van der Waals surface area contributed by atoms with Gasteiger partial charge >= 0.3 is 12.1 Å². The molecule has 1 aliphatic heterocycles. The predicted octanol–water partition coefficient (Wildman–Crippen LogP) is 1.96. The van der Waals surface area contributed by atoms with Gasteiger partial charge in [0, 0.05) is 12.5 Å². The topological polar surface area (TPSA) is 66.8 Å². The number of carbonyl (C=O) groups is 2. The van der Waals surface area contributed by atoms with E-state index in [0.29, 0.717) is 6.54 Å². The first-order chi connectivity index (χ1) is 8.05. The highest BCUT2D eigenvalue weighted by molar-refractivity contribution is 5.82. The van der Waals surface area contributed by atoms with Gasteiger partial charge in [-0.15, -0.1) is 0 Å². The van der Waals surface area contributed by atoms with Crippen LogP contribution in [0.5, 0.6) is 0 Å². The molecule has 0 radical (unpaired) electrons. The number of rotatable bonds is 1. The number of aliphatic carboxylic acids is 1. The van der Waals surface area contributed by atoms with Crippen LogP contribution in [0.25, 0.3) is 0 Å². The van der Waals surface area contributed by atoms with Crippen molar-refractivity contribution >= 4 is 12.1 Å². The third-order valence-electron chi connectivity index (χ3n) is 4.09. The van der Waals surface area contributed by atoms with Gasteiger partial charge in [0.25, 0.3) is 0 Å². The van der Waals surface area contributed by atoms with Crippen molar-refractivity contribution in [3.63, 3.8) is 0 Å². The molecule has 1 amide bonds. The highest BCUT2D eigenvalue weighted by Gasteiger charge is 2.70. The standard InChI is InChI=1S/C13H21NO4/c1-12(2,3)18-11(17)14-6-7-8(13(7,4)5)9(14)10(15)16/h7-9H,6H2,1-5H3,(H,15,16)/t7?,8-,9-/m0/s1. The summed E-state index contributed by atoms with van der Waals surface area (Å²) < 4.78 is 5.26. The molecule has 102 valence electrons. The van der Waals surface area contributed by atoms with Crippen molar-refractivity contribution in [3.8, 4) is 0 Å². The minimum absolute atomic E-state index is 0.0293. The molecular formula is C13H21NO4. The molecule has 5 heteroatoms. The molecule has 1 aliphatic carbocycles. The molecule has 5 nitrogen and oxygen atoms in total. The van der Waals surface area contributed by atoms with Crippen LogP contribution in [0.1, 0.15) is 34.6 Å². The van der Waals surface area contributed by atoms with E-state index in [1.807, 2.05) is 0 Å². The number of amides is 1. The first-order valence-electron chi connectivity index (χ1n) is 6.28. The van der Waals surface area contributed by atoms with E-state index in [9.17, 15) is 14.7 Å². The lowest BCUT2D eigenvalue weighted by atomic mass is 10.0. The number of nitrogens with zero attached hydrogens (tertiary/aromatic N) is 1. The molecule has 0 aromatic rings. The number of fused-ring (bicyclic) bond motifs is 1. The Balaban J connectivity index is 2.12. The number of carboxylic acids is 1. The van der Waals surface area contributed by atoms with Crippen molar-refractivity contribution in [1.29, 1.82) is 0 Å². The molecule has 2 aliphatic rings. The van der Waals surface area contributed by atoms with Crippen LogP contribution in [0.3, 0.4) is 0 Å². The number of ether oxygens (including phenoxy) is 1. The number of carboxylic acid groups (broad SMARTS) is 1. The Hall–Kier alpha value is -1.26. The molecule has 2 fully saturated rings. The van der Waals surface area contributed by atoms with E-state index in [4.69, 9.17) is 4.74 Å². The van der Waals surface area contributed by atoms with Gasteiger partial charge in [0.1, 0.15) is 11.6 Å². The van der Waals surface area contributed by atoms with Gasteiger partial charge < -0.3 is 9.84 Å². The molecule has 1 unspecified atom stereocenters. The van der Waals surface area contributed by atoms with Gasteiger partial charge in [-0.2, -0.15) is 0 Å². The van der Waals surface area contributed by atoms with Crippen molar-refractivity contribution in [1.82, 2.24) is 4.90 Å². The van der Waals surface area contributed by atoms with Crippen LogP contribution < -0.4 is 0 Å². The second kappa shape index (κ2) is 3.62. The molecule has 1 saturated carbocycles. The summed E-state index contributed by atoms with van der Waals surface area (Å²) in [5.74, 6) is -0.590. The van der Waals surface area contributed by atoms with Crippen molar-refractivity contribution in [2.24, 2.45) is 17.3 Å². The lowest BCUT2D eigenvalue weighted by Gasteiger charge is -2.30. The number of hydrogen-bond donors (Lipinski definition) is 1. The Morgan fingerprint density at radius 1 is 1.33 bits per heavy atom. The van der Waals surface area contributed by atoms with Crippen LogP contribution >= 0.6 is 0 Å². The number of hydrogen-bond acceptors (Lipinski definition) is 3. The van der Waals surface area contributed by atoms with Crippen LogP contribution in [-0.2, 0) is 9.53 Å². The third kappa shape index (κ3) is 1.95. The summed E-state index contributed by atoms with van der Waals surface area (Å²) in [7, 11) is 0. The van der Waals surface area contributed by atoms with Crippen molar-refractivity contribution in [2.75, 3.05) is 6.54 Å². The summed E-state index contributed by atoms with van der Waals surface area (Å²) in [5.41, 5.74) is -0.565. The van der Waals surface area contributed by atoms with E-state index in [2.05, 4.69) is 13.8 Å².